The minimum Gasteiger partial charge on any atom is -0.473 e. The summed E-state index contributed by atoms with van der Waals surface area (Å²) in [4.78, 5) is 18.4. The molecule has 0 N–H and O–H groups in total. The molecule has 1 aromatic carbocycles. The Morgan fingerprint density at radius 1 is 1.29 bits per heavy atom. The number of aromatic nitrogens is 2. The Morgan fingerprint density at radius 3 is 2.92 bits per heavy atom. The number of hydrogen-bond donors (Lipinski definition) is 0. The molecule has 0 aliphatic carbocycles. The lowest BCUT2D eigenvalue weighted by atomic mass is 10.0. The Labute approximate surface area is 137 Å². The minimum atomic E-state index is -0.925. The fourth-order valence-corrected chi connectivity index (χ4v) is 3.63. The molecule has 0 saturated carbocycles. The highest BCUT2D eigenvalue weighted by atomic mass is 19.2. The van der Waals surface area contributed by atoms with E-state index in [2.05, 4.69) is 16.8 Å². The summed E-state index contributed by atoms with van der Waals surface area (Å²) >= 11 is 0. The lowest BCUT2D eigenvalue weighted by molar-refractivity contribution is 0.290. The van der Waals surface area contributed by atoms with Crippen LogP contribution in [0, 0.1) is 11.6 Å². The van der Waals surface area contributed by atoms with Crippen LogP contribution in [0.1, 0.15) is 25.3 Å². The van der Waals surface area contributed by atoms with Gasteiger partial charge in [-0.3, -0.25) is 4.57 Å². The average molecular weight is 333 g/mol. The predicted octanol–water partition coefficient (Wildman–Crippen LogP) is 2.47. The van der Waals surface area contributed by atoms with Crippen molar-refractivity contribution in [3.8, 4) is 5.88 Å². The van der Waals surface area contributed by atoms with Gasteiger partial charge in [0.05, 0.1) is 12.1 Å². The van der Waals surface area contributed by atoms with Gasteiger partial charge in [-0.25, -0.2) is 13.6 Å². The fraction of sp³-hybridized carbons (Fsp3) is 0.412. The Hall–Kier alpha value is -2.44. The van der Waals surface area contributed by atoms with Crippen molar-refractivity contribution in [2.45, 2.75) is 38.5 Å². The second kappa shape index (κ2) is 5.29. The molecule has 2 aliphatic heterocycles. The largest absolute Gasteiger partial charge is 0.473 e. The molecule has 0 bridgehead atoms. The van der Waals surface area contributed by atoms with Crippen molar-refractivity contribution in [2.75, 3.05) is 11.4 Å². The van der Waals surface area contributed by atoms with Gasteiger partial charge >= 0.3 is 5.69 Å². The lowest BCUT2D eigenvalue weighted by Crippen LogP contribution is -2.38. The molecule has 7 heteroatoms. The highest BCUT2D eigenvalue weighted by Gasteiger charge is 2.44. The van der Waals surface area contributed by atoms with Gasteiger partial charge in [0.25, 0.3) is 0 Å². The van der Waals surface area contributed by atoms with E-state index < -0.39 is 11.6 Å². The first-order chi connectivity index (χ1) is 11.5. The number of rotatable bonds is 3. The monoisotopic (exact) mass is 333 g/mol. The summed E-state index contributed by atoms with van der Waals surface area (Å²) in [6.07, 6.45) is 2.14. The predicted molar refractivity (Wildman–Crippen MR) is 84.2 cm³/mol. The molecular weight excluding hydrogens is 316 g/mol. The third-order valence-corrected chi connectivity index (χ3v) is 4.86. The molecule has 4 rings (SSSR count). The van der Waals surface area contributed by atoms with Crippen LogP contribution in [0.4, 0.5) is 14.6 Å². The van der Waals surface area contributed by atoms with Crippen molar-refractivity contribution in [3.05, 3.63) is 51.9 Å². The maximum Gasteiger partial charge on any atom is 0.352 e. The standard InChI is InChI=1S/C17H17F2N3O2/c1-17-5-2-6-22(17)15-8-14(20-16(23)21(15)10-17)24-9-11-3-4-12(18)13(19)7-11/h3-4,7-8H,2,5-6,9-10H2,1H3. The molecule has 3 heterocycles. The topological polar surface area (TPSA) is 47.4 Å². The minimum absolute atomic E-state index is 0.0182. The van der Waals surface area contributed by atoms with Crippen LogP contribution in [-0.4, -0.2) is 21.6 Å². The molecule has 126 valence electrons. The summed E-state index contributed by atoms with van der Waals surface area (Å²) in [5.74, 6) is -0.811. The molecule has 2 aromatic rings. The Morgan fingerprint density at radius 2 is 2.12 bits per heavy atom. The van der Waals surface area contributed by atoms with Crippen LogP contribution in [0.2, 0.25) is 0 Å². The smallest absolute Gasteiger partial charge is 0.352 e. The summed E-state index contributed by atoms with van der Waals surface area (Å²) in [6, 6.07) is 5.32. The zero-order valence-corrected chi connectivity index (χ0v) is 13.3. The number of halogens is 2. The van der Waals surface area contributed by atoms with Gasteiger partial charge in [0, 0.05) is 12.6 Å². The van der Waals surface area contributed by atoms with Crippen molar-refractivity contribution < 1.29 is 13.5 Å². The maximum absolute atomic E-state index is 13.2. The Kier molecular flexibility index (Phi) is 3.33. The molecule has 0 spiro atoms. The summed E-state index contributed by atoms with van der Waals surface area (Å²) in [7, 11) is 0. The number of benzene rings is 1. The van der Waals surface area contributed by atoms with E-state index in [4.69, 9.17) is 4.74 Å². The quantitative estimate of drug-likeness (QED) is 0.866. The normalized spacial score (nSPS) is 21.7. The number of hydrogen-bond acceptors (Lipinski definition) is 4. The van der Waals surface area contributed by atoms with Gasteiger partial charge in [-0.15, -0.1) is 0 Å². The highest BCUT2D eigenvalue weighted by Crippen LogP contribution is 2.40. The fourth-order valence-electron chi connectivity index (χ4n) is 3.63. The van der Waals surface area contributed by atoms with E-state index in [0.717, 1.165) is 37.3 Å². The molecule has 1 atom stereocenters. The number of nitrogens with zero attached hydrogens (tertiary/aromatic N) is 3. The van der Waals surface area contributed by atoms with E-state index in [9.17, 15) is 13.6 Å². The number of ether oxygens (including phenoxy) is 1. The van der Waals surface area contributed by atoms with Gasteiger partial charge in [-0.1, -0.05) is 6.07 Å². The van der Waals surface area contributed by atoms with Crippen LogP contribution < -0.4 is 15.3 Å². The van der Waals surface area contributed by atoms with Crippen LogP contribution in [0.15, 0.2) is 29.1 Å². The van der Waals surface area contributed by atoms with Crippen molar-refractivity contribution in [3.63, 3.8) is 0 Å². The second-order valence-corrected chi connectivity index (χ2v) is 6.61. The molecule has 1 fully saturated rings. The zero-order chi connectivity index (χ0) is 16.9. The highest BCUT2D eigenvalue weighted by molar-refractivity contribution is 5.50. The Bertz CT molecular complexity index is 867. The molecule has 1 unspecified atom stereocenters. The molecule has 1 saturated heterocycles. The molecule has 24 heavy (non-hydrogen) atoms. The molecule has 0 amide bonds. The van der Waals surface area contributed by atoms with Crippen molar-refractivity contribution >= 4 is 5.82 Å². The van der Waals surface area contributed by atoms with E-state index in [1.807, 2.05) is 0 Å². The van der Waals surface area contributed by atoms with Gasteiger partial charge in [-0.05, 0) is 37.5 Å². The van der Waals surface area contributed by atoms with Crippen LogP contribution in [0.5, 0.6) is 5.88 Å². The molecule has 5 nitrogen and oxygen atoms in total. The molecule has 0 radical (unpaired) electrons. The lowest BCUT2D eigenvalue weighted by Gasteiger charge is -2.27. The van der Waals surface area contributed by atoms with E-state index in [1.165, 1.54) is 6.07 Å². The van der Waals surface area contributed by atoms with Crippen LogP contribution in [0.3, 0.4) is 0 Å². The van der Waals surface area contributed by atoms with E-state index >= 15 is 0 Å². The summed E-state index contributed by atoms with van der Waals surface area (Å²) < 4.78 is 33.4. The third-order valence-electron chi connectivity index (χ3n) is 4.86. The summed E-state index contributed by atoms with van der Waals surface area (Å²) in [6.45, 7) is 3.71. The van der Waals surface area contributed by atoms with Gasteiger partial charge in [-0.2, -0.15) is 4.98 Å². The summed E-state index contributed by atoms with van der Waals surface area (Å²) in [5.41, 5.74) is 0.0951. The number of fused-ring (bicyclic) bond motifs is 3. The van der Waals surface area contributed by atoms with Crippen LogP contribution in [0.25, 0.3) is 0 Å². The third kappa shape index (κ3) is 2.35. The van der Waals surface area contributed by atoms with Crippen molar-refractivity contribution in [2.24, 2.45) is 0 Å². The SMILES string of the molecule is CC12CCCN1c1cc(OCc3ccc(F)c(F)c3)nc(=O)n1C2. The van der Waals surface area contributed by atoms with Crippen LogP contribution in [-0.2, 0) is 13.2 Å². The van der Waals surface area contributed by atoms with E-state index in [0.29, 0.717) is 12.1 Å². The van der Waals surface area contributed by atoms with E-state index in [1.54, 1.807) is 10.6 Å². The van der Waals surface area contributed by atoms with E-state index in [-0.39, 0.29) is 23.7 Å². The molecule has 2 aliphatic rings. The number of anilines is 1. The van der Waals surface area contributed by atoms with Crippen LogP contribution >= 0.6 is 0 Å². The van der Waals surface area contributed by atoms with Gasteiger partial charge < -0.3 is 9.64 Å². The van der Waals surface area contributed by atoms with Gasteiger partial charge in [0.15, 0.2) is 11.6 Å². The second-order valence-electron chi connectivity index (χ2n) is 6.61. The molecular formula is C17H17F2N3O2. The van der Waals surface area contributed by atoms with Crippen molar-refractivity contribution in [1.82, 2.24) is 9.55 Å². The first-order valence-corrected chi connectivity index (χ1v) is 7.93. The first-order valence-electron chi connectivity index (χ1n) is 7.93. The van der Waals surface area contributed by atoms with Crippen molar-refractivity contribution in [1.29, 1.82) is 0 Å². The van der Waals surface area contributed by atoms with Gasteiger partial charge in [0.1, 0.15) is 12.4 Å². The maximum atomic E-state index is 13.2. The van der Waals surface area contributed by atoms with Gasteiger partial charge in [0.2, 0.25) is 5.88 Å². The average Bonchev–Trinajstić information content (AvgIpc) is 3.04. The zero-order valence-electron chi connectivity index (χ0n) is 13.3. The first kappa shape index (κ1) is 15.1. The Balaban J connectivity index is 1.58. The summed E-state index contributed by atoms with van der Waals surface area (Å²) in [5, 5.41) is 0. The molecule has 1 aromatic heterocycles.